The number of carbonyl (C=O) groups excluding carboxylic acids is 1. The van der Waals surface area contributed by atoms with E-state index in [1.54, 1.807) is 0 Å². The van der Waals surface area contributed by atoms with Crippen LogP contribution < -0.4 is 10.1 Å². The third-order valence-electron chi connectivity index (χ3n) is 3.62. The van der Waals surface area contributed by atoms with Gasteiger partial charge >= 0.3 is 0 Å². The number of ether oxygens (including phenoxy) is 1. The monoisotopic (exact) mass is 372 g/mol. The van der Waals surface area contributed by atoms with Crippen molar-refractivity contribution in [3.8, 4) is 5.75 Å². The second-order valence-electron chi connectivity index (χ2n) is 5.34. The third-order valence-corrected chi connectivity index (χ3v) is 4.94. The van der Waals surface area contributed by atoms with Gasteiger partial charge in [0.25, 0.3) is 5.91 Å². The fraction of sp³-hybridized carbons (Fsp3) is 0.158. The summed E-state index contributed by atoms with van der Waals surface area (Å²) in [5, 5.41) is 3.98. The van der Waals surface area contributed by atoms with Crippen LogP contribution in [0.2, 0.25) is 5.02 Å². The van der Waals surface area contributed by atoms with Gasteiger partial charge in [0.1, 0.15) is 5.75 Å². The van der Waals surface area contributed by atoms with Crippen LogP contribution in [0.15, 0.2) is 52.4 Å². The molecule has 128 valence electrons. The van der Waals surface area contributed by atoms with E-state index in [2.05, 4.69) is 10.3 Å². The number of amides is 1. The molecule has 0 saturated carbocycles. The number of para-hydroxylation sites is 1. The molecule has 1 amide bonds. The lowest BCUT2D eigenvalue weighted by Crippen LogP contribution is -2.19. The van der Waals surface area contributed by atoms with Crippen LogP contribution in [-0.2, 0) is 4.79 Å². The molecule has 0 unspecified atom stereocenters. The van der Waals surface area contributed by atoms with Crippen LogP contribution in [-0.4, -0.2) is 17.7 Å². The van der Waals surface area contributed by atoms with Gasteiger partial charge in [-0.2, -0.15) is 0 Å². The molecular weight excluding hydrogens is 356 g/mol. The number of hydrogen-bond acceptors (Lipinski definition) is 4. The molecule has 0 aliphatic carbocycles. The Morgan fingerprint density at radius 3 is 2.84 bits per heavy atom. The molecule has 1 saturated heterocycles. The van der Waals surface area contributed by atoms with Gasteiger partial charge in [0, 0.05) is 10.6 Å². The van der Waals surface area contributed by atoms with E-state index in [0.717, 1.165) is 22.6 Å². The minimum absolute atomic E-state index is 0.172. The number of carbonyl (C=O) groups is 1. The van der Waals surface area contributed by atoms with Gasteiger partial charge < -0.3 is 10.1 Å². The Morgan fingerprint density at radius 2 is 2.04 bits per heavy atom. The average molecular weight is 373 g/mol. The van der Waals surface area contributed by atoms with E-state index < -0.39 is 0 Å². The maximum Gasteiger partial charge on any atom is 0.264 e. The van der Waals surface area contributed by atoms with Crippen molar-refractivity contribution in [1.29, 1.82) is 0 Å². The number of hydrogen-bond donors (Lipinski definition) is 1. The van der Waals surface area contributed by atoms with Gasteiger partial charge in [-0.1, -0.05) is 35.9 Å². The first-order valence-corrected chi connectivity index (χ1v) is 9.04. The number of benzene rings is 2. The number of rotatable bonds is 4. The first-order chi connectivity index (χ1) is 12.1. The highest BCUT2D eigenvalue weighted by atomic mass is 35.5. The first kappa shape index (κ1) is 17.6. The highest BCUT2D eigenvalue weighted by Gasteiger charge is 2.24. The van der Waals surface area contributed by atoms with E-state index in [1.165, 1.54) is 11.8 Å². The third kappa shape index (κ3) is 4.06. The predicted octanol–water partition coefficient (Wildman–Crippen LogP) is 4.94. The smallest absolute Gasteiger partial charge is 0.264 e. The fourth-order valence-electron chi connectivity index (χ4n) is 2.34. The van der Waals surface area contributed by atoms with Gasteiger partial charge in [-0.3, -0.25) is 4.79 Å². The quantitative estimate of drug-likeness (QED) is 0.773. The predicted molar refractivity (Wildman–Crippen MR) is 105 cm³/mol. The van der Waals surface area contributed by atoms with Crippen molar-refractivity contribution in [1.82, 2.24) is 5.32 Å². The Labute approximate surface area is 155 Å². The Hall–Kier alpha value is -2.24. The summed E-state index contributed by atoms with van der Waals surface area (Å²) in [5.74, 6) is 0.580. The van der Waals surface area contributed by atoms with Crippen LogP contribution in [0.1, 0.15) is 18.1 Å². The SMILES string of the molecule is CCOc1ccccc1C=C1SC(=Nc2cccc(Cl)c2C)NC1=O. The summed E-state index contributed by atoms with van der Waals surface area (Å²) in [6, 6.07) is 13.1. The summed E-state index contributed by atoms with van der Waals surface area (Å²) in [7, 11) is 0. The van der Waals surface area contributed by atoms with Crippen molar-refractivity contribution in [2.45, 2.75) is 13.8 Å². The zero-order chi connectivity index (χ0) is 17.8. The van der Waals surface area contributed by atoms with E-state index in [4.69, 9.17) is 16.3 Å². The molecule has 2 aromatic carbocycles. The lowest BCUT2D eigenvalue weighted by Gasteiger charge is -2.06. The second kappa shape index (κ2) is 7.76. The van der Waals surface area contributed by atoms with Crippen molar-refractivity contribution in [3.05, 3.63) is 63.5 Å². The molecule has 0 spiro atoms. The molecule has 3 rings (SSSR count). The van der Waals surface area contributed by atoms with Crippen LogP contribution in [0.5, 0.6) is 5.75 Å². The highest BCUT2D eigenvalue weighted by Crippen LogP contribution is 2.32. The van der Waals surface area contributed by atoms with Crippen molar-refractivity contribution >= 4 is 46.2 Å². The van der Waals surface area contributed by atoms with Crippen LogP contribution in [0.4, 0.5) is 5.69 Å². The summed E-state index contributed by atoms with van der Waals surface area (Å²) in [5.41, 5.74) is 2.49. The van der Waals surface area contributed by atoms with E-state index in [-0.39, 0.29) is 5.91 Å². The van der Waals surface area contributed by atoms with Crippen LogP contribution in [0.3, 0.4) is 0 Å². The molecule has 25 heavy (non-hydrogen) atoms. The van der Waals surface area contributed by atoms with Gasteiger partial charge in [0.05, 0.1) is 17.2 Å². The normalized spacial score (nSPS) is 17.2. The van der Waals surface area contributed by atoms with Crippen molar-refractivity contribution in [3.63, 3.8) is 0 Å². The summed E-state index contributed by atoms with van der Waals surface area (Å²) >= 11 is 7.42. The van der Waals surface area contributed by atoms with Gasteiger partial charge in [0.15, 0.2) is 5.17 Å². The lowest BCUT2D eigenvalue weighted by atomic mass is 10.2. The van der Waals surface area contributed by atoms with Crippen LogP contribution in [0, 0.1) is 6.92 Å². The molecule has 1 N–H and O–H groups in total. The fourth-order valence-corrected chi connectivity index (χ4v) is 3.33. The van der Waals surface area contributed by atoms with E-state index in [9.17, 15) is 4.79 Å². The minimum Gasteiger partial charge on any atom is -0.493 e. The van der Waals surface area contributed by atoms with Crippen LogP contribution in [0.25, 0.3) is 6.08 Å². The van der Waals surface area contributed by atoms with Gasteiger partial charge in [-0.05, 0) is 55.4 Å². The maximum absolute atomic E-state index is 12.3. The molecule has 1 aliphatic heterocycles. The van der Waals surface area contributed by atoms with Gasteiger partial charge in [-0.25, -0.2) is 4.99 Å². The van der Waals surface area contributed by atoms with Crippen molar-refractivity contribution < 1.29 is 9.53 Å². The topological polar surface area (TPSA) is 50.7 Å². The number of aliphatic imine (C=N–C) groups is 1. The van der Waals surface area contributed by atoms with Crippen molar-refractivity contribution in [2.24, 2.45) is 4.99 Å². The Balaban J connectivity index is 1.88. The molecule has 4 nitrogen and oxygen atoms in total. The first-order valence-electron chi connectivity index (χ1n) is 7.85. The van der Waals surface area contributed by atoms with Crippen molar-refractivity contribution in [2.75, 3.05) is 6.61 Å². The van der Waals surface area contributed by atoms with Gasteiger partial charge in [-0.15, -0.1) is 0 Å². The number of nitrogens with zero attached hydrogens (tertiary/aromatic N) is 1. The lowest BCUT2D eigenvalue weighted by molar-refractivity contribution is -0.115. The van der Waals surface area contributed by atoms with E-state index >= 15 is 0 Å². The number of thioether (sulfide) groups is 1. The molecule has 0 atom stereocenters. The van der Waals surface area contributed by atoms with Gasteiger partial charge in [0.2, 0.25) is 0 Å². The molecule has 0 bridgehead atoms. The molecule has 1 heterocycles. The number of nitrogens with one attached hydrogen (secondary N) is 1. The summed E-state index contributed by atoms with van der Waals surface area (Å²) < 4.78 is 5.60. The van der Waals surface area contributed by atoms with E-state index in [0.29, 0.717) is 21.7 Å². The molecule has 1 aliphatic rings. The summed E-state index contributed by atoms with van der Waals surface area (Å²) in [6.45, 7) is 4.40. The number of halogens is 1. The minimum atomic E-state index is -0.172. The standard InChI is InChI=1S/C19H17ClN2O2S/c1-3-24-16-10-5-4-7-13(16)11-17-18(23)22-19(25-17)21-15-9-6-8-14(20)12(15)2/h4-11H,3H2,1-2H3,(H,21,22,23). The number of amidine groups is 1. The summed E-state index contributed by atoms with van der Waals surface area (Å²) in [6.07, 6.45) is 1.82. The summed E-state index contributed by atoms with van der Waals surface area (Å²) in [4.78, 5) is 17.3. The van der Waals surface area contributed by atoms with Crippen LogP contribution >= 0.6 is 23.4 Å². The molecule has 1 fully saturated rings. The molecule has 0 aromatic heterocycles. The second-order valence-corrected chi connectivity index (χ2v) is 6.77. The average Bonchev–Trinajstić information content (AvgIpc) is 2.93. The van der Waals surface area contributed by atoms with E-state index in [1.807, 2.05) is 62.4 Å². The maximum atomic E-state index is 12.3. The Bertz CT molecular complexity index is 877. The molecule has 6 heteroatoms. The zero-order valence-electron chi connectivity index (χ0n) is 13.9. The largest absolute Gasteiger partial charge is 0.493 e. The molecular formula is C19H17ClN2O2S. The molecule has 2 aromatic rings. The zero-order valence-corrected chi connectivity index (χ0v) is 15.4. The Morgan fingerprint density at radius 1 is 1.24 bits per heavy atom. The highest BCUT2D eigenvalue weighted by molar-refractivity contribution is 8.18. The Kier molecular flexibility index (Phi) is 5.46. The molecule has 0 radical (unpaired) electrons.